The lowest BCUT2D eigenvalue weighted by Crippen LogP contribution is -2.42. The van der Waals surface area contributed by atoms with Crippen LogP contribution in [0.5, 0.6) is 0 Å². The van der Waals surface area contributed by atoms with E-state index in [4.69, 9.17) is 11.5 Å². The molecule has 2 aliphatic rings. The summed E-state index contributed by atoms with van der Waals surface area (Å²) in [6.45, 7) is 6.03. The van der Waals surface area contributed by atoms with Gasteiger partial charge in [-0.25, -0.2) is 0 Å². The normalized spacial score (nSPS) is 18.0. The van der Waals surface area contributed by atoms with Gasteiger partial charge in [0.25, 0.3) is 5.91 Å². The van der Waals surface area contributed by atoms with Crippen molar-refractivity contribution < 1.29 is 14.4 Å². The second-order valence-electron chi connectivity index (χ2n) is 10.9. The van der Waals surface area contributed by atoms with Crippen LogP contribution in [-0.4, -0.2) is 33.5 Å². The van der Waals surface area contributed by atoms with Crippen molar-refractivity contribution in [1.82, 2.24) is 10.2 Å². The molecule has 5 rings (SSSR count). The number of amides is 2. The van der Waals surface area contributed by atoms with Crippen LogP contribution in [0.15, 0.2) is 75.5 Å². The van der Waals surface area contributed by atoms with Gasteiger partial charge >= 0.3 is 0 Å². The van der Waals surface area contributed by atoms with Crippen LogP contribution in [0.1, 0.15) is 54.1 Å². The highest BCUT2D eigenvalue weighted by molar-refractivity contribution is 8.01. The van der Waals surface area contributed by atoms with Gasteiger partial charge in [0.1, 0.15) is 5.82 Å². The SMILES string of the molecule is Cc1ccccc1C1C(C#N)=C(N)N(c2nnc(SCC(=O)Nc3ccccc3C(N)=O)s2)C2=C1C(=O)CC(C)(C)C2. The molecule has 1 aromatic heterocycles. The van der Waals surface area contributed by atoms with Gasteiger partial charge in [0.15, 0.2) is 10.1 Å². The summed E-state index contributed by atoms with van der Waals surface area (Å²) in [5, 5.41) is 22.0. The molecular formula is C30H29N7O3S2. The number of carbonyl (C=O) groups excluding carboxylic acids is 3. The van der Waals surface area contributed by atoms with E-state index in [0.717, 1.165) is 16.8 Å². The second kappa shape index (κ2) is 11.4. The smallest absolute Gasteiger partial charge is 0.250 e. The molecule has 0 saturated carbocycles. The number of ketones is 1. The Labute approximate surface area is 251 Å². The first kappa shape index (κ1) is 29.0. The fourth-order valence-corrected chi connectivity index (χ4v) is 7.10. The lowest BCUT2D eigenvalue weighted by Gasteiger charge is -2.42. The Morgan fingerprint density at radius 3 is 2.60 bits per heavy atom. The van der Waals surface area contributed by atoms with E-state index in [2.05, 4.69) is 21.6 Å². The van der Waals surface area contributed by atoms with Gasteiger partial charge in [-0.05, 0) is 42.0 Å². The third-order valence-electron chi connectivity index (χ3n) is 7.26. The number of nitrogens with one attached hydrogen (secondary N) is 1. The Kier molecular flexibility index (Phi) is 7.90. The average Bonchev–Trinajstić information content (AvgIpc) is 3.39. The largest absolute Gasteiger partial charge is 0.384 e. The number of benzene rings is 2. The predicted octanol–water partition coefficient (Wildman–Crippen LogP) is 4.62. The van der Waals surface area contributed by atoms with Crippen LogP contribution in [0.2, 0.25) is 0 Å². The zero-order valence-electron chi connectivity index (χ0n) is 23.3. The van der Waals surface area contributed by atoms with E-state index in [1.807, 2.05) is 45.0 Å². The number of hydrogen-bond acceptors (Lipinski definition) is 10. The summed E-state index contributed by atoms with van der Waals surface area (Å²) in [5.41, 5.74) is 15.7. The molecule has 3 aromatic rings. The predicted molar refractivity (Wildman–Crippen MR) is 162 cm³/mol. The van der Waals surface area contributed by atoms with Crippen molar-refractivity contribution >= 4 is 51.5 Å². The number of para-hydroxylation sites is 1. The lowest BCUT2D eigenvalue weighted by atomic mass is 9.68. The van der Waals surface area contributed by atoms with Crippen molar-refractivity contribution in [2.75, 3.05) is 16.0 Å². The molecule has 1 unspecified atom stereocenters. The number of hydrogen-bond donors (Lipinski definition) is 3. The van der Waals surface area contributed by atoms with Crippen molar-refractivity contribution in [2.45, 2.75) is 43.9 Å². The molecule has 5 N–H and O–H groups in total. The molecule has 2 heterocycles. The minimum absolute atomic E-state index is 0.00528. The molecule has 42 heavy (non-hydrogen) atoms. The van der Waals surface area contributed by atoms with Gasteiger partial charge in [0, 0.05) is 17.7 Å². The van der Waals surface area contributed by atoms with Gasteiger partial charge in [-0.2, -0.15) is 5.26 Å². The summed E-state index contributed by atoms with van der Waals surface area (Å²) in [6, 6.07) is 16.5. The van der Waals surface area contributed by atoms with Crippen LogP contribution in [0.25, 0.3) is 0 Å². The number of anilines is 2. The molecule has 1 atom stereocenters. The lowest BCUT2D eigenvalue weighted by molar-refractivity contribution is -0.118. The minimum Gasteiger partial charge on any atom is -0.384 e. The number of carbonyl (C=O) groups is 3. The Morgan fingerprint density at radius 2 is 1.88 bits per heavy atom. The third-order valence-corrected chi connectivity index (χ3v) is 9.30. The van der Waals surface area contributed by atoms with Crippen molar-refractivity contribution in [1.29, 1.82) is 5.26 Å². The molecule has 2 amide bonds. The molecule has 0 spiro atoms. The number of aryl methyl sites for hydroxylation is 1. The van der Waals surface area contributed by atoms with Crippen molar-refractivity contribution in [3.63, 3.8) is 0 Å². The molecule has 214 valence electrons. The molecule has 12 heteroatoms. The number of nitrogens with two attached hydrogens (primary N) is 2. The molecule has 0 fully saturated rings. The molecule has 2 aromatic carbocycles. The Hall–Kier alpha value is -4.47. The highest BCUT2D eigenvalue weighted by Gasteiger charge is 2.45. The van der Waals surface area contributed by atoms with E-state index in [1.54, 1.807) is 23.1 Å². The Morgan fingerprint density at radius 1 is 1.17 bits per heavy atom. The topological polar surface area (TPSA) is 168 Å². The van der Waals surface area contributed by atoms with Crippen molar-refractivity contribution in [3.8, 4) is 6.07 Å². The number of thioether (sulfide) groups is 1. The summed E-state index contributed by atoms with van der Waals surface area (Å²) in [6.07, 6.45) is 0.908. The van der Waals surface area contributed by atoms with E-state index in [-0.39, 0.29) is 39.8 Å². The second-order valence-corrected chi connectivity index (χ2v) is 13.1. The van der Waals surface area contributed by atoms with Gasteiger partial charge in [0.05, 0.1) is 34.6 Å². The molecule has 1 aliphatic heterocycles. The summed E-state index contributed by atoms with van der Waals surface area (Å²) in [4.78, 5) is 39.7. The van der Waals surface area contributed by atoms with Crippen LogP contribution in [0.4, 0.5) is 10.8 Å². The number of allylic oxidation sites excluding steroid dienone is 3. The maximum absolute atomic E-state index is 13.7. The number of nitriles is 1. The highest BCUT2D eigenvalue weighted by Crippen LogP contribution is 2.51. The fraction of sp³-hybridized carbons (Fsp3) is 0.267. The van der Waals surface area contributed by atoms with E-state index in [9.17, 15) is 19.6 Å². The zero-order valence-corrected chi connectivity index (χ0v) is 24.9. The quantitative estimate of drug-likeness (QED) is 0.328. The van der Waals surface area contributed by atoms with Crippen LogP contribution < -0.4 is 21.7 Å². The first-order chi connectivity index (χ1) is 20.0. The van der Waals surface area contributed by atoms with Gasteiger partial charge in [-0.15, -0.1) is 10.2 Å². The standard InChI is InChI=1S/C30H29N7O3S2/c1-16-8-4-5-9-17(16)24-19(14-31)26(32)37(21-12-30(2,3)13-22(38)25(21)24)28-35-36-29(42-28)41-15-23(39)34-20-11-7-6-10-18(20)27(33)40/h4-11,24H,12-13,15,32H2,1-3H3,(H2,33,40)(H,34,39). The first-order valence-electron chi connectivity index (χ1n) is 13.2. The van der Waals surface area contributed by atoms with Crippen LogP contribution >= 0.6 is 23.1 Å². The summed E-state index contributed by atoms with van der Waals surface area (Å²) in [7, 11) is 0. The molecule has 10 nitrogen and oxygen atoms in total. The Bertz CT molecular complexity index is 1720. The van der Waals surface area contributed by atoms with Gasteiger partial charge in [-0.1, -0.05) is 73.3 Å². The van der Waals surface area contributed by atoms with Crippen molar-refractivity contribution in [2.24, 2.45) is 16.9 Å². The number of Topliss-reactive ketones (excluding diaryl/α,β-unsaturated/α-hetero) is 1. The number of primary amides is 1. The molecule has 0 bridgehead atoms. The van der Waals surface area contributed by atoms with E-state index in [1.165, 1.54) is 29.2 Å². The molecule has 0 radical (unpaired) electrons. The number of nitrogens with zero attached hydrogens (tertiary/aromatic N) is 4. The third kappa shape index (κ3) is 5.53. The van der Waals surface area contributed by atoms with E-state index >= 15 is 0 Å². The maximum atomic E-state index is 13.7. The fourth-order valence-electron chi connectivity index (χ4n) is 5.42. The van der Waals surface area contributed by atoms with Crippen LogP contribution in [0.3, 0.4) is 0 Å². The van der Waals surface area contributed by atoms with Gasteiger partial charge in [-0.3, -0.25) is 19.3 Å². The van der Waals surface area contributed by atoms with Crippen molar-refractivity contribution in [3.05, 3.63) is 87.9 Å². The van der Waals surface area contributed by atoms with Gasteiger partial charge in [0.2, 0.25) is 11.0 Å². The molecule has 0 saturated heterocycles. The highest BCUT2D eigenvalue weighted by atomic mass is 32.2. The molecule has 1 aliphatic carbocycles. The number of aromatic nitrogens is 2. The number of rotatable bonds is 7. The minimum atomic E-state index is -0.640. The first-order valence-corrected chi connectivity index (χ1v) is 15.0. The Balaban J connectivity index is 1.46. The monoisotopic (exact) mass is 599 g/mol. The zero-order chi connectivity index (χ0) is 30.2. The van der Waals surface area contributed by atoms with E-state index < -0.39 is 11.8 Å². The molecular weight excluding hydrogens is 571 g/mol. The summed E-state index contributed by atoms with van der Waals surface area (Å²) in [5.74, 6) is -1.36. The van der Waals surface area contributed by atoms with E-state index in [0.29, 0.717) is 33.6 Å². The average molecular weight is 600 g/mol. The van der Waals surface area contributed by atoms with Crippen LogP contribution in [0, 0.1) is 23.7 Å². The maximum Gasteiger partial charge on any atom is 0.250 e. The summed E-state index contributed by atoms with van der Waals surface area (Å²) < 4.78 is 0.499. The van der Waals surface area contributed by atoms with Crippen LogP contribution in [-0.2, 0) is 9.59 Å². The summed E-state index contributed by atoms with van der Waals surface area (Å²) >= 11 is 2.38. The van der Waals surface area contributed by atoms with Gasteiger partial charge < -0.3 is 16.8 Å².